The number of aromatic amines is 1. The first-order chi connectivity index (χ1) is 16.3. The summed E-state index contributed by atoms with van der Waals surface area (Å²) in [4.78, 5) is 22.0. The summed E-state index contributed by atoms with van der Waals surface area (Å²) in [6.07, 6.45) is 2.92. The highest BCUT2D eigenvalue weighted by atomic mass is 19.3. The monoisotopic (exact) mass is 470 g/mol. The lowest BCUT2D eigenvalue weighted by Gasteiger charge is -2.06. The Morgan fingerprint density at radius 1 is 1.09 bits per heavy atom. The van der Waals surface area contributed by atoms with Gasteiger partial charge in [-0.15, -0.1) is 0 Å². The number of aryl methyl sites for hydroxylation is 2. The Morgan fingerprint density at radius 3 is 2.56 bits per heavy atom. The molecule has 9 heteroatoms. The van der Waals surface area contributed by atoms with Crippen molar-refractivity contribution in [2.45, 2.75) is 26.7 Å². The van der Waals surface area contributed by atoms with E-state index >= 15 is 0 Å². The smallest absolute Gasteiger partial charge is 0.356 e. The minimum absolute atomic E-state index is 0.0178. The molecule has 2 heterocycles. The van der Waals surface area contributed by atoms with Crippen LogP contribution in [-0.2, 0) is 6.42 Å². The van der Waals surface area contributed by atoms with Crippen molar-refractivity contribution in [3.05, 3.63) is 83.2 Å². The number of halogens is 3. The molecule has 6 nitrogen and oxygen atoms in total. The predicted octanol–water partition coefficient (Wildman–Crippen LogP) is 5.16. The first-order valence-corrected chi connectivity index (χ1v) is 10.6. The zero-order chi connectivity index (χ0) is 24.7. The third kappa shape index (κ3) is 6.41. The van der Waals surface area contributed by atoms with Crippen LogP contribution in [0.5, 0.6) is 0 Å². The largest absolute Gasteiger partial charge is 0.476 e. The Bertz CT molecular complexity index is 1270. The average molecular weight is 470 g/mol. The molecular formula is C25H25F3N4O2. The number of hydrogen-bond donors (Lipinski definition) is 3. The molecule has 0 aliphatic carbocycles. The molecule has 0 bridgehead atoms. The highest BCUT2D eigenvalue weighted by Crippen LogP contribution is 2.22. The molecule has 0 saturated carbocycles. The van der Waals surface area contributed by atoms with Gasteiger partial charge in [0.05, 0.1) is 6.54 Å². The fraction of sp³-hybridized carbons (Fsp3) is 0.240. The summed E-state index contributed by atoms with van der Waals surface area (Å²) < 4.78 is 36.8. The lowest BCUT2D eigenvalue weighted by atomic mass is 10.0. The molecule has 0 amide bonds. The van der Waals surface area contributed by atoms with Crippen LogP contribution in [0, 0.1) is 19.7 Å². The number of aromatic carboxylic acids is 1. The first-order valence-electron chi connectivity index (χ1n) is 10.6. The van der Waals surface area contributed by atoms with Crippen molar-refractivity contribution in [1.29, 1.82) is 0 Å². The highest BCUT2D eigenvalue weighted by Gasteiger charge is 2.14. The maximum Gasteiger partial charge on any atom is 0.356 e. The van der Waals surface area contributed by atoms with E-state index in [9.17, 15) is 18.0 Å². The molecule has 0 aliphatic heterocycles. The molecule has 0 saturated heterocycles. The SMILES string of the molecule is Cc1ccc(-c2nccnc2C(=O)O)cc1C.Fc1ccc2[nH]cc(CCNCC(F)F)c2c1. The van der Waals surface area contributed by atoms with Crippen molar-refractivity contribution in [2.24, 2.45) is 0 Å². The number of aromatic nitrogens is 3. The van der Waals surface area contributed by atoms with E-state index in [2.05, 4.69) is 20.3 Å². The number of benzene rings is 2. The maximum atomic E-state index is 13.1. The van der Waals surface area contributed by atoms with Gasteiger partial charge in [0.15, 0.2) is 5.69 Å². The van der Waals surface area contributed by atoms with E-state index in [4.69, 9.17) is 5.11 Å². The molecule has 0 atom stereocenters. The van der Waals surface area contributed by atoms with Gasteiger partial charge in [-0.05, 0) is 67.8 Å². The van der Waals surface area contributed by atoms with Gasteiger partial charge in [-0.2, -0.15) is 0 Å². The number of nitrogens with one attached hydrogen (secondary N) is 2. The van der Waals surface area contributed by atoms with Crippen LogP contribution in [0.2, 0.25) is 0 Å². The van der Waals surface area contributed by atoms with Gasteiger partial charge in [0, 0.05) is 35.1 Å². The van der Waals surface area contributed by atoms with Gasteiger partial charge in [0.1, 0.15) is 11.5 Å². The normalized spacial score (nSPS) is 10.9. The fourth-order valence-corrected chi connectivity index (χ4v) is 3.39. The van der Waals surface area contributed by atoms with Gasteiger partial charge in [-0.3, -0.25) is 4.98 Å². The summed E-state index contributed by atoms with van der Waals surface area (Å²) in [6.45, 7) is 4.13. The number of hydrogen-bond acceptors (Lipinski definition) is 4. The molecule has 3 N–H and O–H groups in total. The summed E-state index contributed by atoms with van der Waals surface area (Å²) in [5.74, 6) is -1.36. The van der Waals surface area contributed by atoms with Crippen molar-refractivity contribution in [3.8, 4) is 11.3 Å². The minimum Gasteiger partial charge on any atom is -0.476 e. The van der Waals surface area contributed by atoms with E-state index < -0.39 is 12.4 Å². The second-order valence-corrected chi connectivity index (χ2v) is 7.71. The van der Waals surface area contributed by atoms with Gasteiger partial charge >= 0.3 is 5.97 Å². The number of carboxylic acid groups (broad SMARTS) is 1. The summed E-state index contributed by atoms with van der Waals surface area (Å²) >= 11 is 0. The van der Waals surface area contributed by atoms with Gasteiger partial charge in [-0.1, -0.05) is 12.1 Å². The van der Waals surface area contributed by atoms with Crippen LogP contribution in [0.3, 0.4) is 0 Å². The van der Waals surface area contributed by atoms with Crippen LogP contribution in [0.4, 0.5) is 13.2 Å². The topological polar surface area (TPSA) is 90.9 Å². The molecule has 178 valence electrons. The van der Waals surface area contributed by atoms with E-state index in [0.29, 0.717) is 18.7 Å². The Labute approximate surface area is 194 Å². The number of fused-ring (bicyclic) bond motifs is 1. The summed E-state index contributed by atoms with van der Waals surface area (Å²) in [7, 11) is 0. The van der Waals surface area contributed by atoms with Crippen LogP contribution in [0.15, 0.2) is 55.0 Å². The van der Waals surface area contributed by atoms with E-state index in [1.807, 2.05) is 32.0 Å². The van der Waals surface area contributed by atoms with E-state index in [0.717, 1.165) is 33.2 Å². The second-order valence-electron chi connectivity index (χ2n) is 7.71. The second kappa shape index (κ2) is 11.4. The summed E-state index contributed by atoms with van der Waals surface area (Å²) in [5, 5.41) is 12.5. The molecule has 0 unspecified atom stereocenters. The first kappa shape index (κ1) is 24.9. The van der Waals surface area contributed by atoms with Gasteiger partial charge in [-0.25, -0.2) is 22.9 Å². The predicted molar refractivity (Wildman–Crippen MR) is 125 cm³/mol. The van der Waals surface area contributed by atoms with Gasteiger partial charge in [0.2, 0.25) is 0 Å². The Balaban J connectivity index is 0.000000191. The third-order valence-electron chi connectivity index (χ3n) is 5.28. The molecular weight excluding hydrogens is 445 g/mol. The summed E-state index contributed by atoms with van der Waals surface area (Å²) in [6, 6.07) is 10.2. The molecule has 2 aromatic heterocycles. The number of nitrogens with zero attached hydrogens (tertiary/aromatic N) is 2. The molecule has 2 aromatic carbocycles. The Hall–Kier alpha value is -3.72. The maximum absolute atomic E-state index is 13.1. The van der Waals surface area contributed by atoms with Crippen LogP contribution in [-0.4, -0.2) is 45.5 Å². The van der Waals surface area contributed by atoms with Crippen LogP contribution in [0.25, 0.3) is 22.2 Å². The lowest BCUT2D eigenvalue weighted by molar-refractivity contribution is 0.0691. The highest BCUT2D eigenvalue weighted by molar-refractivity contribution is 5.92. The Kier molecular flexibility index (Phi) is 8.37. The average Bonchev–Trinajstić information content (AvgIpc) is 3.21. The van der Waals surface area contributed by atoms with Crippen LogP contribution in [0.1, 0.15) is 27.2 Å². The van der Waals surface area contributed by atoms with Crippen molar-refractivity contribution in [2.75, 3.05) is 13.1 Å². The molecule has 0 spiro atoms. The molecule has 4 rings (SSSR count). The number of alkyl halides is 2. The standard InChI is InChI=1S/C13H12N2O2.C12H13F3N2/c1-8-3-4-10(7-9(8)2)11-12(13(16)17)15-6-5-14-11;13-9-1-2-11-10(5-9)8(6-17-11)3-4-16-7-12(14)15/h3-7H,1-2H3,(H,16,17);1-2,5-6,12,16-17H,3-4,7H2. The Morgan fingerprint density at radius 2 is 1.85 bits per heavy atom. The van der Waals surface area contributed by atoms with Crippen LogP contribution >= 0.6 is 0 Å². The third-order valence-corrected chi connectivity index (χ3v) is 5.28. The summed E-state index contributed by atoms with van der Waals surface area (Å²) in [5.41, 5.74) is 5.22. The van der Waals surface area contributed by atoms with Crippen molar-refractivity contribution >= 4 is 16.9 Å². The van der Waals surface area contributed by atoms with Crippen molar-refractivity contribution in [3.63, 3.8) is 0 Å². The minimum atomic E-state index is -2.34. The molecule has 0 fully saturated rings. The number of carbonyl (C=O) groups is 1. The van der Waals surface area contributed by atoms with Gasteiger partial charge in [0.25, 0.3) is 6.43 Å². The van der Waals surface area contributed by atoms with Crippen molar-refractivity contribution < 1.29 is 23.1 Å². The van der Waals surface area contributed by atoms with E-state index in [1.54, 1.807) is 12.3 Å². The molecule has 34 heavy (non-hydrogen) atoms. The molecule has 0 aliphatic rings. The fourth-order valence-electron chi connectivity index (χ4n) is 3.39. The number of H-pyrrole nitrogens is 1. The number of rotatable bonds is 7. The molecule has 0 radical (unpaired) electrons. The van der Waals surface area contributed by atoms with Gasteiger partial charge < -0.3 is 15.4 Å². The number of carboxylic acids is 1. The van der Waals surface area contributed by atoms with Crippen molar-refractivity contribution in [1.82, 2.24) is 20.3 Å². The van der Waals surface area contributed by atoms with Crippen LogP contribution < -0.4 is 5.32 Å². The van der Waals surface area contributed by atoms with E-state index in [-0.39, 0.29) is 18.1 Å². The lowest BCUT2D eigenvalue weighted by Crippen LogP contribution is -2.23. The quantitative estimate of drug-likeness (QED) is 0.325. The zero-order valence-electron chi connectivity index (χ0n) is 18.8. The zero-order valence-corrected chi connectivity index (χ0v) is 18.8. The van der Waals surface area contributed by atoms with E-state index in [1.165, 1.54) is 24.5 Å². The molecule has 4 aromatic rings.